The second kappa shape index (κ2) is 9.84. The summed E-state index contributed by atoms with van der Waals surface area (Å²) >= 11 is 0. The average molecular weight is 518 g/mol. The van der Waals surface area contributed by atoms with E-state index in [9.17, 15) is 25.6 Å². The van der Waals surface area contributed by atoms with Crippen molar-refractivity contribution in [3.63, 3.8) is 0 Å². The third-order valence-corrected chi connectivity index (χ3v) is 7.38. The molecule has 0 bridgehead atoms. The van der Waals surface area contributed by atoms with Crippen LogP contribution < -0.4 is 24.7 Å². The van der Waals surface area contributed by atoms with Gasteiger partial charge < -0.3 is 24.6 Å². The highest BCUT2D eigenvalue weighted by Gasteiger charge is 2.39. The van der Waals surface area contributed by atoms with Crippen LogP contribution in [0, 0.1) is 24.3 Å². The molecule has 2 aliphatic rings. The number of ether oxygens (including phenoxy) is 3. The zero-order valence-corrected chi connectivity index (χ0v) is 22.3. The van der Waals surface area contributed by atoms with Crippen molar-refractivity contribution < 1.29 is 39.9 Å². The Morgan fingerprint density at radius 2 is 1.76 bits per heavy atom. The number of hydrogen-bond donors (Lipinski definition) is 4. The number of carbonyl (C=O) groups excluding carboxylic acids is 1. The van der Waals surface area contributed by atoms with Gasteiger partial charge in [-0.05, 0) is 44.4 Å². The maximum Gasteiger partial charge on any atom is 0.231 e. The molecule has 0 saturated heterocycles. The molecular formula is C26H35N3O8. The molecule has 37 heavy (non-hydrogen) atoms. The summed E-state index contributed by atoms with van der Waals surface area (Å²) in [6.45, 7) is 9.26. The number of ketones is 1. The summed E-state index contributed by atoms with van der Waals surface area (Å²) in [5.74, 6) is 1.29. The number of rotatable bonds is 6. The number of likely N-dealkylation sites (N-methyl/N-ethyl adjacent to an activating group) is 1. The normalized spacial score (nSPS) is 18.9. The molecule has 3 unspecified atom stereocenters. The van der Waals surface area contributed by atoms with E-state index in [0.717, 1.165) is 17.5 Å². The Kier molecular flexibility index (Phi) is 7.25. The minimum Gasteiger partial charge on any atom is -0.595 e. The molecule has 0 amide bonds. The molecule has 0 spiro atoms. The molecule has 0 saturated carbocycles. The highest BCUT2D eigenvalue weighted by atomic mass is 16.8. The molecule has 4 N–H and O–H groups in total. The number of quaternary nitrogens is 2. The number of nitrogens with zero attached hydrogens (tertiary/aromatic N) is 1. The van der Waals surface area contributed by atoms with Gasteiger partial charge in [0.25, 0.3) is 0 Å². The molecule has 4 rings (SSSR count). The van der Waals surface area contributed by atoms with E-state index >= 15 is 0 Å². The van der Waals surface area contributed by atoms with E-state index in [4.69, 9.17) is 14.2 Å². The van der Waals surface area contributed by atoms with Crippen LogP contribution in [0.2, 0.25) is 0 Å². The van der Waals surface area contributed by atoms with Crippen LogP contribution in [0.5, 0.6) is 17.2 Å². The fraction of sp³-hybridized carbons (Fsp3) is 0.500. The lowest BCUT2D eigenvalue weighted by Crippen LogP contribution is -3.02. The van der Waals surface area contributed by atoms with Gasteiger partial charge in [0.05, 0.1) is 12.7 Å². The molecule has 0 aliphatic carbocycles. The molecule has 202 valence electrons. The molecule has 3 atom stereocenters. The van der Waals surface area contributed by atoms with Crippen molar-refractivity contribution in [2.45, 2.75) is 58.9 Å². The SMILES string of the molecule is COc1c2c(cc3c1C(CC(=O)c1c(C)c([NH+]([O-])O)c(C(C)(C)C)c([NH+]([O-])O)c1C)N(C)CC3)OCO2. The standard InChI is InChI=1S/C26H35N3O8/c1-13-19(14(2)23(29(33)34)21(26(3,4)5)22(13)28(31)32)17(30)11-16-20-15(8-9-27(16)6)10-18-24(25(20)35-7)37-12-36-18/h10,16,28-29,31,33H,8-9,11-12H2,1-7H3. The number of nitrogens with one attached hydrogen (secondary N) is 2. The number of carbonyl (C=O) groups is 1. The molecule has 2 aromatic rings. The molecule has 2 aliphatic heterocycles. The van der Waals surface area contributed by atoms with Crippen LogP contribution in [-0.2, 0) is 11.8 Å². The van der Waals surface area contributed by atoms with Crippen molar-refractivity contribution in [3.05, 3.63) is 49.9 Å². The maximum atomic E-state index is 13.9. The summed E-state index contributed by atoms with van der Waals surface area (Å²) in [5.41, 5.74) is 1.71. The number of fused-ring (bicyclic) bond motifs is 2. The molecule has 0 fully saturated rings. The van der Waals surface area contributed by atoms with Crippen LogP contribution in [0.3, 0.4) is 0 Å². The molecule has 11 heteroatoms. The quantitative estimate of drug-likeness (QED) is 0.334. The summed E-state index contributed by atoms with van der Waals surface area (Å²) in [4.78, 5) is 16.0. The summed E-state index contributed by atoms with van der Waals surface area (Å²) in [6, 6.07) is 1.54. The minimum absolute atomic E-state index is 0.00810. The predicted molar refractivity (Wildman–Crippen MR) is 133 cm³/mol. The largest absolute Gasteiger partial charge is 0.595 e. The van der Waals surface area contributed by atoms with E-state index in [-0.39, 0.29) is 58.7 Å². The molecule has 11 nitrogen and oxygen atoms in total. The highest BCUT2D eigenvalue weighted by Crippen LogP contribution is 2.50. The lowest BCUT2D eigenvalue weighted by Gasteiger charge is -2.36. The van der Waals surface area contributed by atoms with Gasteiger partial charge in [0.2, 0.25) is 12.5 Å². The van der Waals surface area contributed by atoms with E-state index in [1.807, 2.05) is 13.1 Å². The first-order chi connectivity index (χ1) is 17.3. The van der Waals surface area contributed by atoms with Crippen molar-refractivity contribution in [1.29, 1.82) is 0 Å². The number of hydrogen-bond acceptors (Lipinski definition) is 9. The summed E-state index contributed by atoms with van der Waals surface area (Å²) in [7, 11) is 3.46. The van der Waals surface area contributed by atoms with Crippen LogP contribution >= 0.6 is 0 Å². The first-order valence-electron chi connectivity index (χ1n) is 12.2. The molecule has 0 radical (unpaired) electrons. The minimum atomic E-state index is -1.26. The van der Waals surface area contributed by atoms with Gasteiger partial charge in [-0.2, -0.15) is 10.5 Å². The predicted octanol–water partition coefficient (Wildman–Crippen LogP) is 1.95. The van der Waals surface area contributed by atoms with Crippen molar-refractivity contribution in [1.82, 2.24) is 4.90 Å². The van der Waals surface area contributed by atoms with Gasteiger partial charge in [-0.25, -0.2) is 10.4 Å². The fourth-order valence-corrected chi connectivity index (χ4v) is 5.79. The van der Waals surface area contributed by atoms with Crippen molar-refractivity contribution in [3.8, 4) is 17.2 Å². The van der Waals surface area contributed by atoms with Gasteiger partial charge in [-0.1, -0.05) is 20.8 Å². The van der Waals surface area contributed by atoms with E-state index in [1.54, 1.807) is 41.7 Å². The smallest absolute Gasteiger partial charge is 0.231 e. The van der Waals surface area contributed by atoms with Crippen LogP contribution in [-0.4, -0.2) is 48.6 Å². The summed E-state index contributed by atoms with van der Waals surface area (Å²) in [6.07, 6.45) is 0.738. The number of Topliss-reactive ketones (excluding diaryl/α,β-unsaturated/α-hetero) is 1. The van der Waals surface area contributed by atoms with E-state index in [1.165, 1.54) is 0 Å². The van der Waals surface area contributed by atoms with Gasteiger partial charge in [-0.15, -0.1) is 0 Å². The topological polar surface area (TPSA) is 143 Å². The van der Waals surface area contributed by atoms with Gasteiger partial charge in [0.15, 0.2) is 28.7 Å². The monoisotopic (exact) mass is 517 g/mol. The molecule has 2 heterocycles. The third kappa shape index (κ3) is 4.57. The Balaban J connectivity index is 1.87. The first kappa shape index (κ1) is 27.3. The second-order valence-electron chi connectivity index (χ2n) is 10.7. The fourth-order valence-electron chi connectivity index (χ4n) is 5.79. The Morgan fingerprint density at radius 1 is 1.16 bits per heavy atom. The van der Waals surface area contributed by atoms with Crippen molar-refractivity contribution in [2.24, 2.45) is 0 Å². The Labute approximate surface area is 215 Å². The highest BCUT2D eigenvalue weighted by molar-refractivity contribution is 6.02. The second-order valence-corrected chi connectivity index (χ2v) is 10.7. The van der Waals surface area contributed by atoms with Crippen LogP contribution in [0.15, 0.2) is 6.07 Å². The zero-order valence-electron chi connectivity index (χ0n) is 22.3. The zero-order chi connectivity index (χ0) is 27.4. The van der Waals surface area contributed by atoms with E-state index in [2.05, 4.69) is 4.90 Å². The van der Waals surface area contributed by atoms with Crippen LogP contribution in [0.4, 0.5) is 11.4 Å². The maximum absolute atomic E-state index is 13.9. The molecular weight excluding hydrogens is 482 g/mol. The lowest BCUT2D eigenvalue weighted by atomic mass is 9.78. The van der Waals surface area contributed by atoms with Crippen molar-refractivity contribution in [2.75, 3.05) is 27.5 Å². The van der Waals surface area contributed by atoms with Crippen LogP contribution in [0.1, 0.15) is 71.4 Å². The lowest BCUT2D eigenvalue weighted by molar-refractivity contribution is -0.997. The molecule has 0 aromatic heterocycles. The van der Waals surface area contributed by atoms with Crippen LogP contribution in [0.25, 0.3) is 0 Å². The van der Waals surface area contributed by atoms with Gasteiger partial charge in [0.1, 0.15) is 0 Å². The third-order valence-electron chi connectivity index (χ3n) is 7.38. The van der Waals surface area contributed by atoms with Crippen molar-refractivity contribution >= 4 is 17.2 Å². The van der Waals surface area contributed by atoms with Gasteiger partial charge in [0, 0.05) is 41.3 Å². The van der Waals surface area contributed by atoms with E-state index in [0.29, 0.717) is 23.8 Å². The first-order valence-corrected chi connectivity index (χ1v) is 12.2. The summed E-state index contributed by atoms with van der Waals surface area (Å²) in [5, 5.41) is 42.5. The average Bonchev–Trinajstić information content (AvgIpc) is 3.26. The number of methoxy groups -OCH3 is 1. The summed E-state index contributed by atoms with van der Waals surface area (Å²) < 4.78 is 16.9. The van der Waals surface area contributed by atoms with Gasteiger partial charge >= 0.3 is 0 Å². The Bertz CT molecular complexity index is 1200. The number of benzene rings is 2. The Hall–Kier alpha value is -2.77. The Morgan fingerprint density at radius 3 is 2.27 bits per heavy atom. The van der Waals surface area contributed by atoms with Gasteiger partial charge in [-0.3, -0.25) is 9.69 Å². The van der Waals surface area contributed by atoms with E-state index < -0.39 is 15.9 Å². The molecule has 2 aromatic carbocycles.